The molecule has 2 atom stereocenters. The van der Waals surface area contributed by atoms with Crippen molar-refractivity contribution in [1.82, 2.24) is 0 Å². The Morgan fingerprint density at radius 1 is 0.960 bits per heavy atom. The molecule has 6 nitrogen and oxygen atoms in total. The summed E-state index contributed by atoms with van der Waals surface area (Å²) in [6, 6.07) is 0. The smallest absolute Gasteiger partial charge is 0.330 e. The highest BCUT2D eigenvalue weighted by Gasteiger charge is 2.36. The van der Waals surface area contributed by atoms with Crippen molar-refractivity contribution >= 4 is 11.9 Å². The first-order valence-electron chi connectivity index (χ1n) is 8.43. The number of carboxylic acids is 2. The number of hydrogen-bond acceptors (Lipinski definition) is 4. The largest absolute Gasteiger partial charge is 0.478 e. The van der Waals surface area contributed by atoms with Crippen molar-refractivity contribution in [3.05, 3.63) is 24.3 Å². The van der Waals surface area contributed by atoms with E-state index in [1.54, 1.807) is 0 Å². The molecule has 0 aliphatic carbocycles. The van der Waals surface area contributed by atoms with Crippen LogP contribution in [-0.2, 0) is 9.59 Å². The van der Waals surface area contributed by atoms with Gasteiger partial charge in [-0.15, -0.1) is 0 Å². The number of aliphatic carboxylic acids is 2. The predicted octanol–water partition coefficient (Wildman–Crippen LogP) is 3.49. The minimum Gasteiger partial charge on any atom is -0.478 e. The van der Waals surface area contributed by atoms with Crippen LogP contribution in [-0.4, -0.2) is 45.1 Å². The van der Waals surface area contributed by atoms with Crippen molar-refractivity contribution in [2.24, 2.45) is 11.3 Å². The third kappa shape index (κ3) is 12.4. The molecule has 0 amide bonds. The van der Waals surface area contributed by atoms with E-state index < -0.39 is 11.9 Å². The maximum absolute atomic E-state index is 10.1. The molecular formula is C19H36O6. The fraction of sp³-hybridized carbons (Fsp3) is 0.684. The number of carboxylic acid groups (broad SMARTS) is 2. The summed E-state index contributed by atoms with van der Waals surface area (Å²) >= 11 is 0. The van der Waals surface area contributed by atoms with E-state index in [9.17, 15) is 19.8 Å². The Morgan fingerprint density at radius 3 is 1.36 bits per heavy atom. The quantitative estimate of drug-likeness (QED) is 0.493. The maximum atomic E-state index is 10.1. The van der Waals surface area contributed by atoms with E-state index in [2.05, 4.69) is 20.1 Å². The molecule has 0 radical (unpaired) electrons. The van der Waals surface area contributed by atoms with Crippen LogP contribution in [0.25, 0.3) is 0 Å². The minimum atomic E-state index is -0.935. The second-order valence-corrected chi connectivity index (χ2v) is 6.23. The van der Waals surface area contributed by atoms with Gasteiger partial charge < -0.3 is 20.4 Å². The lowest BCUT2D eigenvalue weighted by Crippen LogP contribution is -2.41. The van der Waals surface area contributed by atoms with Crippen LogP contribution < -0.4 is 0 Å². The third-order valence-electron chi connectivity index (χ3n) is 4.26. The summed E-state index contributed by atoms with van der Waals surface area (Å²) in [5.74, 6) is -1.60. The van der Waals surface area contributed by atoms with E-state index in [1.165, 1.54) is 13.8 Å². The van der Waals surface area contributed by atoms with Crippen LogP contribution in [0, 0.1) is 11.3 Å². The lowest BCUT2D eigenvalue weighted by Gasteiger charge is -2.37. The molecule has 0 aromatic carbocycles. The van der Waals surface area contributed by atoms with Gasteiger partial charge in [0.1, 0.15) is 0 Å². The summed E-state index contributed by atoms with van der Waals surface area (Å²) in [7, 11) is 0. The first-order chi connectivity index (χ1) is 11.4. The molecule has 2 unspecified atom stereocenters. The number of hydrogen-bond donors (Lipinski definition) is 4. The first kappa shape index (κ1) is 28.2. The van der Waals surface area contributed by atoms with Crippen LogP contribution in [0.4, 0.5) is 0 Å². The average molecular weight is 360 g/mol. The molecule has 4 N–H and O–H groups in total. The van der Waals surface area contributed by atoms with Crippen molar-refractivity contribution in [3.63, 3.8) is 0 Å². The summed E-state index contributed by atoms with van der Waals surface area (Å²) in [5, 5.41) is 35.2. The Hall–Kier alpha value is -1.66. The van der Waals surface area contributed by atoms with Gasteiger partial charge in [-0.05, 0) is 32.6 Å². The van der Waals surface area contributed by atoms with Crippen molar-refractivity contribution in [2.75, 3.05) is 6.61 Å². The van der Waals surface area contributed by atoms with Crippen LogP contribution in [0.5, 0.6) is 0 Å². The molecule has 0 spiro atoms. The standard InChI is InChI=1S/C11H24O2.2C4H6O2/c1-5-9(4)10(13)11(6-2,7-3)8-12;2*1-3(2)4(5)6/h9-10,12-13H,5-8H2,1-4H3;2*1H2,2H3,(H,5,6). The van der Waals surface area contributed by atoms with Gasteiger partial charge in [-0.2, -0.15) is 0 Å². The Bertz CT molecular complexity index is 367. The second-order valence-electron chi connectivity index (χ2n) is 6.23. The maximum Gasteiger partial charge on any atom is 0.330 e. The summed E-state index contributed by atoms with van der Waals surface area (Å²) in [6.45, 7) is 17.5. The summed E-state index contributed by atoms with van der Waals surface area (Å²) < 4.78 is 0. The van der Waals surface area contributed by atoms with Crippen molar-refractivity contribution < 1.29 is 30.0 Å². The Kier molecular flexibility index (Phi) is 16.5. The molecule has 25 heavy (non-hydrogen) atoms. The zero-order valence-electron chi connectivity index (χ0n) is 16.5. The lowest BCUT2D eigenvalue weighted by molar-refractivity contribution is -0.133. The molecule has 0 bridgehead atoms. The summed E-state index contributed by atoms with van der Waals surface area (Å²) in [4.78, 5) is 19.2. The van der Waals surface area contributed by atoms with Crippen molar-refractivity contribution in [3.8, 4) is 0 Å². The highest BCUT2D eigenvalue weighted by atomic mass is 16.4. The third-order valence-corrected chi connectivity index (χ3v) is 4.26. The molecule has 0 saturated heterocycles. The lowest BCUT2D eigenvalue weighted by atomic mass is 9.73. The van der Waals surface area contributed by atoms with Crippen LogP contribution in [0.2, 0.25) is 0 Å². The SMILES string of the molecule is C=C(C)C(=O)O.C=C(C)C(=O)O.CCC(C)C(O)C(CC)(CC)CO. The van der Waals surface area contributed by atoms with Crippen molar-refractivity contribution in [2.45, 2.75) is 66.9 Å². The molecule has 0 aromatic heterocycles. The van der Waals surface area contributed by atoms with Gasteiger partial charge in [-0.1, -0.05) is 47.3 Å². The fourth-order valence-electron chi connectivity index (χ4n) is 1.81. The summed E-state index contributed by atoms with van der Waals surface area (Å²) in [6.07, 6.45) is 2.26. The number of aliphatic hydroxyl groups excluding tert-OH is 2. The van der Waals surface area contributed by atoms with E-state index >= 15 is 0 Å². The molecular weight excluding hydrogens is 324 g/mol. The molecule has 0 fully saturated rings. The number of carbonyl (C=O) groups is 2. The fourth-order valence-corrected chi connectivity index (χ4v) is 1.81. The second kappa shape index (κ2) is 14.7. The molecule has 0 rings (SSSR count). The van der Waals surface area contributed by atoms with Gasteiger partial charge in [0.05, 0.1) is 12.7 Å². The predicted molar refractivity (Wildman–Crippen MR) is 100 cm³/mol. The van der Waals surface area contributed by atoms with E-state index in [-0.39, 0.29) is 35.2 Å². The van der Waals surface area contributed by atoms with Gasteiger partial charge in [-0.3, -0.25) is 0 Å². The van der Waals surface area contributed by atoms with E-state index in [4.69, 9.17) is 10.2 Å². The van der Waals surface area contributed by atoms with Crippen LogP contribution in [0.3, 0.4) is 0 Å². The van der Waals surface area contributed by atoms with Crippen molar-refractivity contribution in [1.29, 1.82) is 0 Å². The first-order valence-corrected chi connectivity index (χ1v) is 8.43. The number of aliphatic hydroxyl groups is 2. The van der Waals surface area contributed by atoms with Gasteiger partial charge in [0.25, 0.3) is 0 Å². The zero-order chi connectivity index (χ0) is 20.8. The number of rotatable bonds is 8. The molecule has 0 aliphatic rings. The highest BCUT2D eigenvalue weighted by Crippen LogP contribution is 2.34. The van der Waals surface area contributed by atoms with Gasteiger partial charge in [0, 0.05) is 16.6 Å². The van der Waals surface area contributed by atoms with Crippen LogP contribution in [0.15, 0.2) is 24.3 Å². The van der Waals surface area contributed by atoms with E-state index in [0.29, 0.717) is 0 Å². The minimum absolute atomic E-state index is 0.0888. The Morgan fingerprint density at radius 2 is 1.24 bits per heavy atom. The van der Waals surface area contributed by atoms with Gasteiger partial charge in [-0.25, -0.2) is 9.59 Å². The summed E-state index contributed by atoms with van der Waals surface area (Å²) in [5.41, 5.74) is 0.0695. The molecule has 0 saturated carbocycles. The Labute approximate surface area is 151 Å². The molecule has 0 aliphatic heterocycles. The molecule has 6 heteroatoms. The topological polar surface area (TPSA) is 115 Å². The normalized spacial score (nSPS) is 12.5. The van der Waals surface area contributed by atoms with Crippen LogP contribution in [0.1, 0.15) is 60.8 Å². The van der Waals surface area contributed by atoms with Gasteiger partial charge in [0.2, 0.25) is 0 Å². The van der Waals surface area contributed by atoms with E-state index in [1.807, 2.05) is 20.8 Å². The zero-order valence-corrected chi connectivity index (χ0v) is 16.5. The van der Waals surface area contributed by atoms with E-state index in [0.717, 1.165) is 19.3 Å². The molecule has 0 aromatic rings. The van der Waals surface area contributed by atoms with Gasteiger partial charge >= 0.3 is 11.9 Å². The van der Waals surface area contributed by atoms with Crippen LogP contribution >= 0.6 is 0 Å². The highest BCUT2D eigenvalue weighted by molar-refractivity contribution is 5.85. The Balaban J connectivity index is -0.000000336. The average Bonchev–Trinajstić information content (AvgIpc) is 2.56. The van der Waals surface area contributed by atoms with Gasteiger partial charge in [0.15, 0.2) is 0 Å². The molecule has 0 heterocycles. The monoisotopic (exact) mass is 360 g/mol. The molecule has 148 valence electrons.